The molecule has 2 aromatic heterocycles. The molecule has 0 radical (unpaired) electrons. The zero-order valence-corrected chi connectivity index (χ0v) is 15.9. The zero-order chi connectivity index (χ0) is 18.7. The lowest BCUT2D eigenvalue weighted by Crippen LogP contribution is -2.44. The quantitative estimate of drug-likeness (QED) is 0.817. The number of amides is 1. The number of nitrogens with zero attached hydrogens (tertiary/aromatic N) is 4. The number of hydrogen-bond acceptors (Lipinski definition) is 6. The van der Waals surface area contributed by atoms with Crippen LogP contribution in [-0.4, -0.2) is 45.1 Å². The second-order valence-corrected chi connectivity index (χ2v) is 6.92. The minimum atomic E-state index is -0.0273. The smallest absolute Gasteiger partial charge is 0.223 e. The first kappa shape index (κ1) is 18.4. The number of aromatic nitrogens is 3. The van der Waals surface area contributed by atoms with Gasteiger partial charge in [0.1, 0.15) is 17.7 Å². The highest BCUT2D eigenvalue weighted by molar-refractivity contribution is 5.76. The van der Waals surface area contributed by atoms with Crippen molar-refractivity contribution >= 4 is 5.91 Å². The number of carbonyl (C=O) groups is 1. The summed E-state index contributed by atoms with van der Waals surface area (Å²) in [6.07, 6.45) is 2.95. The summed E-state index contributed by atoms with van der Waals surface area (Å²) in [6, 6.07) is 1.84. The predicted octanol–water partition coefficient (Wildman–Crippen LogP) is 2.70. The lowest BCUT2D eigenvalue weighted by molar-refractivity contribution is -0.133. The van der Waals surface area contributed by atoms with E-state index in [1.165, 1.54) is 0 Å². The molecule has 1 saturated heterocycles. The van der Waals surface area contributed by atoms with Crippen LogP contribution in [0.1, 0.15) is 47.8 Å². The van der Waals surface area contributed by atoms with Gasteiger partial charge >= 0.3 is 0 Å². The SMILES string of the molecule is Cc1cc(OC2CCCN(C(=O)CCc3c(C)noc3C)C2)nc(C)n1. The molecule has 1 aliphatic heterocycles. The number of piperidine rings is 1. The monoisotopic (exact) mass is 358 g/mol. The van der Waals surface area contributed by atoms with Gasteiger partial charge in [0.05, 0.1) is 12.2 Å². The normalized spacial score (nSPS) is 17.4. The topological polar surface area (TPSA) is 81.4 Å². The van der Waals surface area contributed by atoms with Crippen LogP contribution in [0.15, 0.2) is 10.6 Å². The van der Waals surface area contributed by atoms with E-state index in [0.29, 0.717) is 31.1 Å². The van der Waals surface area contributed by atoms with E-state index < -0.39 is 0 Å². The van der Waals surface area contributed by atoms with Crippen molar-refractivity contribution in [2.45, 2.75) is 59.5 Å². The van der Waals surface area contributed by atoms with Gasteiger partial charge in [0, 0.05) is 30.3 Å². The van der Waals surface area contributed by atoms with Crippen LogP contribution in [-0.2, 0) is 11.2 Å². The molecule has 0 aliphatic carbocycles. The molecular weight excluding hydrogens is 332 g/mol. The molecule has 1 atom stereocenters. The Balaban J connectivity index is 1.56. The van der Waals surface area contributed by atoms with E-state index in [1.54, 1.807) is 0 Å². The van der Waals surface area contributed by atoms with Crippen molar-refractivity contribution in [2.24, 2.45) is 0 Å². The fraction of sp³-hybridized carbons (Fsp3) is 0.579. The maximum Gasteiger partial charge on any atom is 0.223 e. The van der Waals surface area contributed by atoms with Crippen molar-refractivity contribution in [2.75, 3.05) is 13.1 Å². The van der Waals surface area contributed by atoms with E-state index in [2.05, 4.69) is 15.1 Å². The van der Waals surface area contributed by atoms with E-state index in [4.69, 9.17) is 9.26 Å². The summed E-state index contributed by atoms with van der Waals surface area (Å²) in [4.78, 5) is 23.1. The maximum atomic E-state index is 12.6. The number of likely N-dealkylation sites (tertiary alicyclic amines) is 1. The molecule has 0 saturated carbocycles. The molecule has 7 heteroatoms. The zero-order valence-electron chi connectivity index (χ0n) is 15.9. The Morgan fingerprint density at radius 2 is 2.12 bits per heavy atom. The van der Waals surface area contributed by atoms with Crippen LogP contribution in [0.2, 0.25) is 0 Å². The molecule has 3 heterocycles. The fourth-order valence-corrected chi connectivity index (χ4v) is 3.42. The van der Waals surface area contributed by atoms with Crippen molar-refractivity contribution in [3.05, 3.63) is 34.6 Å². The Labute approximate surface area is 153 Å². The number of carbonyl (C=O) groups excluding carboxylic acids is 1. The van der Waals surface area contributed by atoms with Crippen molar-refractivity contribution in [3.63, 3.8) is 0 Å². The number of rotatable bonds is 5. The van der Waals surface area contributed by atoms with E-state index >= 15 is 0 Å². The van der Waals surface area contributed by atoms with Crippen LogP contribution in [0.3, 0.4) is 0 Å². The highest BCUT2D eigenvalue weighted by atomic mass is 16.5. The predicted molar refractivity (Wildman–Crippen MR) is 96.0 cm³/mol. The number of hydrogen-bond donors (Lipinski definition) is 0. The maximum absolute atomic E-state index is 12.6. The molecule has 2 aromatic rings. The minimum Gasteiger partial charge on any atom is -0.472 e. The Morgan fingerprint density at radius 1 is 1.31 bits per heavy atom. The van der Waals surface area contributed by atoms with Crippen molar-refractivity contribution in [1.82, 2.24) is 20.0 Å². The molecular formula is C19H26N4O3. The summed E-state index contributed by atoms with van der Waals surface area (Å²) < 4.78 is 11.2. The molecule has 0 aromatic carbocycles. The molecule has 0 N–H and O–H groups in total. The fourth-order valence-electron chi connectivity index (χ4n) is 3.42. The first-order chi connectivity index (χ1) is 12.4. The first-order valence-electron chi connectivity index (χ1n) is 9.11. The first-order valence-corrected chi connectivity index (χ1v) is 9.11. The molecule has 140 valence electrons. The lowest BCUT2D eigenvalue weighted by Gasteiger charge is -2.32. The Kier molecular flexibility index (Phi) is 5.54. The summed E-state index contributed by atoms with van der Waals surface area (Å²) in [6.45, 7) is 8.95. The molecule has 0 bridgehead atoms. The average Bonchev–Trinajstić information content (AvgIpc) is 2.90. The van der Waals surface area contributed by atoms with Gasteiger partial charge in [-0.15, -0.1) is 0 Å². The van der Waals surface area contributed by atoms with Crippen LogP contribution in [0, 0.1) is 27.7 Å². The molecule has 26 heavy (non-hydrogen) atoms. The van der Waals surface area contributed by atoms with Crippen molar-refractivity contribution < 1.29 is 14.1 Å². The van der Waals surface area contributed by atoms with Crippen molar-refractivity contribution in [3.8, 4) is 5.88 Å². The Morgan fingerprint density at radius 3 is 2.81 bits per heavy atom. The van der Waals surface area contributed by atoms with Crippen LogP contribution in [0.5, 0.6) is 5.88 Å². The van der Waals surface area contributed by atoms with E-state index in [0.717, 1.165) is 42.1 Å². The van der Waals surface area contributed by atoms with Crippen molar-refractivity contribution in [1.29, 1.82) is 0 Å². The third-order valence-corrected chi connectivity index (χ3v) is 4.73. The summed E-state index contributed by atoms with van der Waals surface area (Å²) >= 11 is 0. The van der Waals surface area contributed by atoms with Crippen LogP contribution < -0.4 is 4.74 Å². The van der Waals surface area contributed by atoms with Gasteiger partial charge in [-0.1, -0.05) is 5.16 Å². The molecule has 1 amide bonds. The third kappa shape index (κ3) is 4.39. The summed E-state index contributed by atoms with van der Waals surface area (Å²) in [5, 5.41) is 3.95. The molecule has 1 fully saturated rings. The van der Waals surface area contributed by atoms with Gasteiger partial charge in [-0.3, -0.25) is 4.79 Å². The standard InChI is InChI=1S/C19H26N4O3/c1-12-10-18(21-15(4)20-12)25-16-6-5-9-23(11-16)19(24)8-7-17-13(2)22-26-14(17)3/h10,16H,5-9,11H2,1-4H3. The van der Waals surface area contributed by atoms with Gasteiger partial charge in [-0.25, -0.2) is 4.98 Å². The molecule has 0 spiro atoms. The molecule has 3 rings (SSSR count). The number of aryl methyl sites for hydroxylation is 4. The van der Waals surface area contributed by atoms with Gasteiger partial charge < -0.3 is 14.2 Å². The summed E-state index contributed by atoms with van der Waals surface area (Å²) in [5.41, 5.74) is 2.79. The minimum absolute atomic E-state index is 0.0273. The summed E-state index contributed by atoms with van der Waals surface area (Å²) in [7, 11) is 0. The molecule has 7 nitrogen and oxygen atoms in total. The van der Waals surface area contributed by atoms with Crippen LogP contribution >= 0.6 is 0 Å². The van der Waals surface area contributed by atoms with Gasteiger partial charge in [-0.05, 0) is 47.0 Å². The van der Waals surface area contributed by atoms with Crippen LogP contribution in [0.4, 0.5) is 0 Å². The molecule has 1 aliphatic rings. The second kappa shape index (κ2) is 7.85. The van der Waals surface area contributed by atoms with Crippen LogP contribution in [0.25, 0.3) is 0 Å². The molecule has 1 unspecified atom stereocenters. The average molecular weight is 358 g/mol. The van der Waals surface area contributed by atoms with E-state index in [9.17, 15) is 4.79 Å². The second-order valence-electron chi connectivity index (χ2n) is 6.92. The summed E-state index contributed by atoms with van der Waals surface area (Å²) in [5.74, 6) is 2.23. The number of ether oxygens (including phenoxy) is 1. The Bertz CT molecular complexity index is 747. The van der Waals surface area contributed by atoms with Gasteiger partial charge in [0.25, 0.3) is 0 Å². The van der Waals surface area contributed by atoms with Gasteiger partial charge in [0.15, 0.2) is 0 Å². The third-order valence-electron chi connectivity index (χ3n) is 4.73. The van der Waals surface area contributed by atoms with Gasteiger partial charge in [0.2, 0.25) is 11.8 Å². The van der Waals surface area contributed by atoms with E-state index in [1.807, 2.05) is 38.7 Å². The van der Waals surface area contributed by atoms with Gasteiger partial charge in [-0.2, -0.15) is 4.98 Å². The van der Waals surface area contributed by atoms with E-state index in [-0.39, 0.29) is 12.0 Å². The largest absolute Gasteiger partial charge is 0.472 e. The Hall–Kier alpha value is -2.44. The lowest BCUT2D eigenvalue weighted by atomic mass is 10.1. The highest BCUT2D eigenvalue weighted by Crippen LogP contribution is 2.20. The highest BCUT2D eigenvalue weighted by Gasteiger charge is 2.25.